The molecule has 7 heteroatoms. The molecule has 0 saturated carbocycles. The Bertz CT molecular complexity index is 1130. The summed E-state index contributed by atoms with van der Waals surface area (Å²) in [4.78, 5) is 39.5. The first-order valence-corrected chi connectivity index (χ1v) is 11.6. The van der Waals surface area contributed by atoms with Crippen LogP contribution in [0.4, 0.5) is 5.69 Å². The molecule has 0 aromatic heterocycles. The molecule has 1 heterocycles. The van der Waals surface area contributed by atoms with Gasteiger partial charge in [-0.1, -0.05) is 41.9 Å². The minimum absolute atomic E-state index is 0.0971. The molecule has 4 rings (SSSR count). The highest BCUT2D eigenvalue weighted by Crippen LogP contribution is 2.25. The van der Waals surface area contributed by atoms with E-state index in [1.54, 1.807) is 48.2 Å². The third kappa shape index (κ3) is 5.21. The molecule has 1 N–H and O–H groups in total. The van der Waals surface area contributed by atoms with Crippen molar-refractivity contribution in [3.05, 3.63) is 94.5 Å². The van der Waals surface area contributed by atoms with Gasteiger partial charge in [-0.3, -0.25) is 19.3 Å². The van der Waals surface area contributed by atoms with Crippen molar-refractivity contribution < 1.29 is 14.4 Å². The van der Waals surface area contributed by atoms with Crippen molar-refractivity contribution in [3.63, 3.8) is 0 Å². The quantitative estimate of drug-likeness (QED) is 0.279. The van der Waals surface area contributed by atoms with Crippen LogP contribution in [0.15, 0.2) is 77.7 Å². The minimum Gasteiger partial charge on any atom is -0.326 e. The lowest BCUT2D eigenvalue weighted by atomic mass is 10.1. The molecule has 3 aromatic rings. The molecule has 1 aliphatic heterocycles. The van der Waals surface area contributed by atoms with Crippen molar-refractivity contribution in [2.45, 2.75) is 17.7 Å². The number of nitrogens with one attached hydrogen (secondary N) is 1. The van der Waals surface area contributed by atoms with Gasteiger partial charge in [-0.25, -0.2) is 0 Å². The molecule has 162 valence electrons. The first-order chi connectivity index (χ1) is 15.5. The van der Waals surface area contributed by atoms with E-state index < -0.39 is 0 Å². The molecule has 1 aliphatic rings. The number of carbonyl (C=O) groups is 3. The summed E-state index contributed by atoms with van der Waals surface area (Å²) in [6, 6.07) is 21.8. The van der Waals surface area contributed by atoms with Crippen molar-refractivity contribution in [2.24, 2.45) is 0 Å². The van der Waals surface area contributed by atoms with Crippen molar-refractivity contribution in [3.8, 4) is 0 Å². The Balaban J connectivity index is 1.26. The van der Waals surface area contributed by atoms with Crippen LogP contribution in [0, 0.1) is 0 Å². The molecule has 32 heavy (non-hydrogen) atoms. The number of hydrogen-bond acceptors (Lipinski definition) is 4. The lowest BCUT2D eigenvalue weighted by Gasteiger charge is -2.13. The van der Waals surface area contributed by atoms with Gasteiger partial charge >= 0.3 is 0 Å². The van der Waals surface area contributed by atoms with Crippen LogP contribution in [0.25, 0.3) is 0 Å². The molecule has 0 saturated heterocycles. The van der Waals surface area contributed by atoms with Crippen molar-refractivity contribution in [1.29, 1.82) is 0 Å². The Morgan fingerprint density at radius 1 is 0.906 bits per heavy atom. The first-order valence-electron chi connectivity index (χ1n) is 10.2. The predicted molar refractivity (Wildman–Crippen MR) is 127 cm³/mol. The Hall–Kier alpha value is -3.09. The minimum atomic E-state index is -0.221. The second kappa shape index (κ2) is 10.0. The highest BCUT2D eigenvalue weighted by Gasteiger charge is 2.34. The molecule has 0 atom stereocenters. The second-order valence-corrected chi connectivity index (χ2v) is 8.99. The third-order valence-electron chi connectivity index (χ3n) is 5.07. The topological polar surface area (TPSA) is 66.5 Å². The molecule has 0 aliphatic carbocycles. The number of halogens is 1. The molecular formula is C25H21ClN2O3S. The maximum absolute atomic E-state index is 12.4. The number of amides is 3. The molecule has 0 fully saturated rings. The van der Waals surface area contributed by atoms with E-state index >= 15 is 0 Å². The summed E-state index contributed by atoms with van der Waals surface area (Å²) in [5, 5.41) is 3.56. The van der Waals surface area contributed by atoms with Crippen LogP contribution in [-0.2, 0) is 11.2 Å². The Morgan fingerprint density at radius 2 is 1.59 bits per heavy atom. The summed E-state index contributed by atoms with van der Waals surface area (Å²) < 4.78 is 0. The smallest absolute Gasteiger partial charge is 0.261 e. The molecule has 0 unspecified atom stereocenters. The zero-order valence-corrected chi connectivity index (χ0v) is 18.8. The van der Waals surface area contributed by atoms with Crippen LogP contribution >= 0.6 is 23.4 Å². The van der Waals surface area contributed by atoms with Gasteiger partial charge in [0.25, 0.3) is 11.8 Å². The fourth-order valence-corrected chi connectivity index (χ4v) is 4.53. The summed E-state index contributed by atoms with van der Waals surface area (Å²) in [7, 11) is 0. The van der Waals surface area contributed by atoms with E-state index in [1.807, 2.05) is 36.4 Å². The van der Waals surface area contributed by atoms with Crippen LogP contribution in [0.1, 0.15) is 32.7 Å². The zero-order valence-electron chi connectivity index (χ0n) is 17.2. The predicted octanol–water partition coefficient (Wildman–Crippen LogP) is 5.30. The maximum Gasteiger partial charge on any atom is 0.261 e. The number of anilines is 1. The zero-order chi connectivity index (χ0) is 22.5. The number of carbonyl (C=O) groups excluding carboxylic acids is 3. The van der Waals surface area contributed by atoms with Crippen LogP contribution in [0.3, 0.4) is 0 Å². The average Bonchev–Trinajstić information content (AvgIpc) is 3.03. The van der Waals surface area contributed by atoms with Gasteiger partial charge in [0, 0.05) is 22.2 Å². The van der Waals surface area contributed by atoms with Gasteiger partial charge in [0.15, 0.2) is 0 Å². The van der Waals surface area contributed by atoms with E-state index in [9.17, 15) is 14.4 Å². The van der Waals surface area contributed by atoms with Gasteiger partial charge in [0.05, 0.1) is 17.5 Å². The molecule has 3 aromatic carbocycles. The van der Waals surface area contributed by atoms with Gasteiger partial charge < -0.3 is 5.32 Å². The number of thioether (sulfide) groups is 1. The molecule has 0 bridgehead atoms. The monoisotopic (exact) mass is 464 g/mol. The van der Waals surface area contributed by atoms with Crippen LogP contribution in [-0.4, -0.2) is 34.9 Å². The highest BCUT2D eigenvalue weighted by atomic mass is 35.5. The SMILES string of the molecule is O=C(Cc1ccc(Cl)cc1)Nc1cccc(SCCCN2C(=O)c3ccccc3C2=O)c1. The summed E-state index contributed by atoms with van der Waals surface area (Å²) in [6.45, 7) is 0.386. The van der Waals surface area contributed by atoms with E-state index in [0.717, 1.165) is 21.9 Å². The fraction of sp³-hybridized carbons (Fsp3) is 0.160. The summed E-state index contributed by atoms with van der Waals surface area (Å²) >= 11 is 7.50. The van der Waals surface area contributed by atoms with E-state index in [2.05, 4.69) is 5.32 Å². The lowest BCUT2D eigenvalue weighted by Crippen LogP contribution is -2.30. The van der Waals surface area contributed by atoms with Crippen LogP contribution < -0.4 is 5.32 Å². The van der Waals surface area contributed by atoms with Crippen molar-refractivity contribution in [2.75, 3.05) is 17.6 Å². The Morgan fingerprint density at radius 3 is 2.28 bits per heavy atom. The van der Waals surface area contributed by atoms with Crippen LogP contribution in [0.5, 0.6) is 0 Å². The van der Waals surface area contributed by atoms with E-state index in [-0.39, 0.29) is 24.1 Å². The molecule has 3 amide bonds. The third-order valence-corrected chi connectivity index (χ3v) is 6.40. The molecular weight excluding hydrogens is 444 g/mol. The van der Waals surface area contributed by atoms with Gasteiger partial charge in [0.2, 0.25) is 5.91 Å². The Kier molecular flexibility index (Phi) is 6.93. The standard InChI is InChI=1S/C25H21ClN2O3S/c26-18-11-9-17(10-12-18)15-23(29)27-19-5-3-6-20(16-19)32-14-4-13-28-24(30)21-7-1-2-8-22(21)25(28)31/h1-3,5-12,16H,4,13-15H2,(H,27,29). The Labute approximate surface area is 195 Å². The number of hydrogen-bond donors (Lipinski definition) is 1. The maximum atomic E-state index is 12.4. The van der Waals surface area contributed by atoms with E-state index in [4.69, 9.17) is 11.6 Å². The number of imide groups is 1. The lowest BCUT2D eigenvalue weighted by molar-refractivity contribution is -0.115. The van der Waals surface area contributed by atoms with Gasteiger partial charge in [-0.2, -0.15) is 0 Å². The van der Waals surface area contributed by atoms with E-state index in [1.165, 1.54) is 4.90 Å². The number of fused-ring (bicyclic) bond motifs is 1. The van der Waals surface area contributed by atoms with E-state index in [0.29, 0.717) is 29.1 Å². The van der Waals surface area contributed by atoms with Gasteiger partial charge in [0.1, 0.15) is 0 Å². The highest BCUT2D eigenvalue weighted by molar-refractivity contribution is 7.99. The van der Waals surface area contributed by atoms with Gasteiger partial charge in [-0.05, 0) is 60.2 Å². The number of nitrogens with zero attached hydrogens (tertiary/aromatic N) is 1. The first kappa shape index (κ1) is 22.1. The largest absolute Gasteiger partial charge is 0.326 e. The average molecular weight is 465 g/mol. The van der Waals surface area contributed by atoms with Gasteiger partial charge in [-0.15, -0.1) is 11.8 Å². The molecule has 0 radical (unpaired) electrons. The second-order valence-electron chi connectivity index (χ2n) is 7.39. The summed E-state index contributed by atoms with van der Waals surface area (Å²) in [5.41, 5.74) is 2.58. The normalized spacial score (nSPS) is 12.7. The number of rotatable bonds is 8. The number of benzene rings is 3. The fourth-order valence-electron chi connectivity index (χ4n) is 3.51. The molecule has 0 spiro atoms. The summed E-state index contributed by atoms with van der Waals surface area (Å²) in [6.07, 6.45) is 0.956. The summed E-state index contributed by atoms with van der Waals surface area (Å²) in [5.74, 6) is 0.206. The van der Waals surface area contributed by atoms with Crippen molar-refractivity contribution in [1.82, 2.24) is 4.90 Å². The van der Waals surface area contributed by atoms with Crippen molar-refractivity contribution >= 4 is 46.8 Å². The molecule has 5 nitrogen and oxygen atoms in total. The van der Waals surface area contributed by atoms with Crippen LogP contribution in [0.2, 0.25) is 5.02 Å².